The van der Waals surface area contributed by atoms with Crippen LogP contribution in [0.25, 0.3) is 0 Å². The van der Waals surface area contributed by atoms with Crippen LogP contribution < -0.4 is 0 Å². The smallest absolute Gasteiger partial charge is 0.335 e. The van der Waals surface area contributed by atoms with E-state index in [0.29, 0.717) is 25.7 Å². The fourth-order valence-corrected chi connectivity index (χ4v) is 16.6. The van der Waals surface area contributed by atoms with Crippen molar-refractivity contribution in [1.82, 2.24) is 0 Å². The third kappa shape index (κ3) is 10.9. The van der Waals surface area contributed by atoms with Crippen LogP contribution in [0.5, 0.6) is 0 Å². The van der Waals surface area contributed by atoms with Crippen LogP contribution >= 0.6 is 0 Å². The number of allylic oxidation sites excluding steroid dienone is 4. The molecule has 5 aliphatic carbocycles. The van der Waals surface area contributed by atoms with E-state index in [1.54, 1.807) is 33.8 Å². The number of fused-ring (bicyclic) bond motifs is 7. The van der Waals surface area contributed by atoms with Gasteiger partial charge in [0.05, 0.1) is 49.1 Å². The molecule has 3 heterocycles. The van der Waals surface area contributed by atoms with Gasteiger partial charge >= 0.3 is 23.9 Å². The summed E-state index contributed by atoms with van der Waals surface area (Å²) >= 11 is 0. The second-order valence-corrected chi connectivity index (χ2v) is 26.9. The predicted molar refractivity (Wildman–Crippen MR) is 291 cm³/mol. The van der Waals surface area contributed by atoms with Crippen LogP contribution in [0.1, 0.15) is 128 Å². The van der Waals surface area contributed by atoms with Gasteiger partial charge in [0, 0.05) is 23.5 Å². The minimum atomic E-state index is -2.07. The second kappa shape index (κ2) is 24.4. The van der Waals surface area contributed by atoms with Gasteiger partial charge in [0.1, 0.15) is 55.4 Å². The first kappa shape index (κ1) is 66.4. The van der Waals surface area contributed by atoms with Crippen molar-refractivity contribution in [3.63, 3.8) is 0 Å². The zero-order valence-corrected chi connectivity index (χ0v) is 50.2. The van der Waals surface area contributed by atoms with Crippen molar-refractivity contribution in [2.75, 3.05) is 19.8 Å². The number of hydrogen-bond acceptors (Lipinski definition) is 23. The van der Waals surface area contributed by atoms with Gasteiger partial charge in [0.15, 0.2) is 37.2 Å². The van der Waals surface area contributed by atoms with E-state index in [1.807, 2.05) is 20.8 Å². The van der Waals surface area contributed by atoms with Crippen LogP contribution in [0.3, 0.4) is 0 Å². The molecule has 0 spiro atoms. The molecule has 11 N–H and O–H groups in total. The van der Waals surface area contributed by atoms with Gasteiger partial charge in [-0.2, -0.15) is 0 Å². The summed E-state index contributed by atoms with van der Waals surface area (Å²) in [6.45, 7) is 19.8. The van der Waals surface area contributed by atoms with E-state index in [9.17, 15) is 75.3 Å². The Bertz CT molecular complexity index is 2530. The van der Waals surface area contributed by atoms with Crippen molar-refractivity contribution in [2.45, 2.75) is 245 Å². The third-order valence-electron chi connectivity index (χ3n) is 22.0. The molecule has 0 aromatic heterocycles. The minimum absolute atomic E-state index is 0.0905. The summed E-state index contributed by atoms with van der Waals surface area (Å²) in [5.74, 6) is -4.73. The molecule has 24 heteroatoms. The molecular weight excluding hydrogens is 1100 g/mol. The van der Waals surface area contributed by atoms with E-state index in [0.717, 1.165) is 5.57 Å². The highest BCUT2D eigenvalue weighted by atomic mass is 16.8. The van der Waals surface area contributed by atoms with Crippen LogP contribution in [0, 0.1) is 50.2 Å². The average molecular weight is 1200 g/mol. The lowest BCUT2D eigenvalue weighted by atomic mass is 9.33. The van der Waals surface area contributed by atoms with Gasteiger partial charge in [0.2, 0.25) is 0 Å². The number of aliphatic hydroxyl groups is 10. The highest BCUT2D eigenvalue weighted by molar-refractivity contribution is 5.88. The monoisotopic (exact) mass is 1200 g/mol. The van der Waals surface area contributed by atoms with Crippen LogP contribution in [-0.4, -0.2) is 216 Å². The van der Waals surface area contributed by atoms with Crippen LogP contribution in [-0.2, 0) is 61.8 Å². The van der Waals surface area contributed by atoms with E-state index in [2.05, 4.69) is 26.8 Å². The van der Waals surface area contributed by atoms with Crippen molar-refractivity contribution in [2.24, 2.45) is 50.2 Å². The Balaban J connectivity index is 1.09. The Kier molecular flexibility index (Phi) is 19.3. The van der Waals surface area contributed by atoms with E-state index in [4.69, 9.17) is 42.6 Å². The highest BCUT2D eigenvalue weighted by Gasteiger charge is 2.74. The number of aliphatic hydroxyl groups excluding tert-OH is 10. The van der Waals surface area contributed by atoms with Crippen molar-refractivity contribution >= 4 is 23.9 Å². The third-order valence-corrected chi connectivity index (χ3v) is 22.0. The SMILES string of the molecule is CC=C(C)C(=O)O[C@@H]1[C@@H](O)[C@H](O[C@H]2[C@H](O)[C@]3(COC(C)=O)[C@H](O)C[C@]4(C)C(=CC[C@@H]5[C@@]6(C)CC[C@H](O[C@@H]7O[C@H](C(=O)O)[C@@H](O)[C@H](O)[C@H]7O[C@@H]7O[C@H](CO)[C@@H](O)[C@H](O)[C@H]7O)[C@](C)(CO)[C@@H]6CC[C@]54C)[C@@H]3CC2(C)C)O[C@H](C)[C@@H]1OC(=O)C(C)=CC. The number of esters is 3. The van der Waals surface area contributed by atoms with Crippen molar-refractivity contribution in [1.29, 1.82) is 0 Å². The van der Waals surface area contributed by atoms with E-state index >= 15 is 0 Å². The number of carboxylic acids is 1. The Labute approximate surface area is 490 Å². The zero-order chi connectivity index (χ0) is 62.3. The second-order valence-electron chi connectivity index (χ2n) is 26.9. The Morgan fingerprint density at radius 2 is 1.30 bits per heavy atom. The first-order valence-corrected chi connectivity index (χ1v) is 29.5. The number of carbonyl (C=O) groups is 4. The molecule has 4 saturated carbocycles. The predicted octanol–water partition coefficient (Wildman–Crippen LogP) is 1.22. The molecule has 7 fully saturated rings. The fourth-order valence-electron chi connectivity index (χ4n) is 16.6. The maximum atomic E-state index is 13.3. The summed E-state index contributed by atoms with van der Waals surface area (Å²) in [5.41, 5.74) is -3.95. The molecule has 0 aromatic rings. The number of aliphatic carboxylic acids is 1. The highest BCUT2D eigenvalue weighted by Crippen LogP contribution is 2.76. The largest absolute Gasteiger partial charge is 0.479 e. The van der Waals surface area contributed by atoms with Crippen LogP contribution in [0.15, 0.2) is 34.9 Å². The Hall–Kier alpha value is -3.54. The number of carboxylic acid groups (broad SMARTS) is 1. The lowest BCUT2D eigenvalue weighted by Gasteiger charge is -2.72. The lowest BCUT2D eigenvalue weighted by molar-refractivity contribution is -0.375. The fraction of sp³-hybridized carbons (Fsp3) is 0.833. The quantitative estimate of drug-likeness (QED) is 0.0361. The molecule has 0 bridgehead atoms. The van der Waals surface area contributed by atoms with Crippen LogP contribution in [0.2, 0.25) is 0 Å². The topological polar surface area (TPSA) is 374 Å². The minimum Gasteiger partial charge on any atom is -0.479 e. The van der Waals surface area contributed by atoms with Gasteiger partial charge in [-0.1, -0.05) is 65.3 Å². The molecule has 476 valence electrons. The number of carbonyl (C=O) groups excluding carboxylic acids is 3. The molecule has 8 aliphatic rings. The Morgan fingerprint density at radius 3 is 1.88 bits per heavy atom. The van der Waals surface area contributed by atoms with Crippen LogP contribution in [0.4, 0.5) is 0 Å². The number of hydrogen-bond donors (Lipinski definition) is 11. The summed E-state index contributed by atoms with van der Waals surface area (Å²) < 4.78 is 54.4. The van der Waals surface area contributed by atoms with Gasteiger partial charge in [-0.25, -0.2) is 14.4 Å². The molecule has 0 aromatic carbocycles. The van der Waals surface area contributed by atoms with Gasteiger partial charge in [-0.05, 0) is 119 Å². The maximum absolute atomic E-state index is 13.3. The summed E-state index contributed by atoms with van der Waals surface area (Å²) in [6.07, 6.45) is -22.4. The maximum Gasteiger partial charge on any atom is 0.335 e. The molecule has 84 heavy (non-hydrogen) atoms. The molecule has 3 aliphatic heterocycles. The molecule has 24 nitrogen and oxygen atoms in total. The molecule has 8 rings (SSSR count). The number of rotatable bonds is 15. The normalized spacial score (nSPS) is 48.5. The molecule has 3 saturated heterocycles. The van der Waals surface area contributed by atoms with E-state index < -0.39 is 199 Å². The lowest BCUT2D eigenvalue weighted by Crippen LogP contribution is -2.73. The molecular formula is C60H92O24. The molecule has 0 amide bonds. The van der Waals surface area contributed by atoms with Crippen molar-refractivity contribution in [3.8, 4) is 0 Å². The van der Waals surface area contributed by atoms with E-state index in [-0.39, 0.29) is 42.2 Å². The van der Waals surface area contributed by atoms with Gasteiger partial charge in [-0.3, -0.25) is 4.79 Å². The average Bonchev–Trinajstić information content (AvgIpc) is 0.679. The van der Waals surface area contributed by atoms with Crippen molar-refractivity contribution < 1.29 is 118 Å². The first-order valence-electron chi connectivity index (χ1n) is 29.5. The molecule has 0 radical (unpaired) electrons. The molecule has 0 unspecified atom stereocenters. The summed E-state index contributed by atoms with van der Waals surface area (Å²) in [6, 6.07) is 0. The van der Waals surface area contributed by atoms with Gasteiger partial charge in [0.25, 0.3) is 0 Å². The molecule has 27 atom stereocenters. The van der Waals surface area contributed by atoms with E-state index in [1.165, 1.54) is 19.9 Å². The summed E-state index contributed by atoms with van der Waals surface area (Å²) in [7, 11) is 0. The number of ether oxygens (including phenoxy) is 9. The summed E-state index contributed by atoms with van der Waals surface area (Å²) in [5, 5.41) is 124. The van der Waals surface area contributed by atoms with Crippen molar-refractivity contribution in [3.05, 3.63) is 34.9 Å². The Morgan fingerprint density at radius 1 is 0.679 bits per heavy atom. The van der Waals surface area contributed by atoms with Gasteiger partial charge in [-0.15, -0.1) is 0 Å². The first-order chi connectivity index (χ1) is 39.2. The zero-order valence-electron chi connectivity index (χ0n) is 50.2. The summed E-state index contributed by atoms with van der Waals surface area (Å²) in [4.78, 5) is 51.7. The standard InChI is InChI=1S/C60H92O24/c1-13-26(3)50(74)80-43-28(5)77-53(42(70)44(43)81-51(75)27(4)14-2)84-48-47(71)60(25-76-29(6)63)31(21-55(48,7)8)30-15-16-34-56(9)19-18-36(57(10,24-62)33(56)17-20-58(34,11)59(30,12)22-35(60)64)79-54-46(40(68)39(67)45(82-54)49(72)73)83-52-41(69)38(66)37(65)32(23-61)78-52/h13-15,28,31-48,52-54,61-62,64-71H,16-25H2,1-12H3,(H,72,73)/t28-,31+,32-,33-,34-,35-,36+,37-,38+,39+,40+,41-,42-,43+,44-,45+,46-,47+,48+,52+,53+,54-,56+,57-,58-,59-,60+/m1/s1. The van der Waals surface area contributed by atoms with Gasteiger partial charge < -0.3 is 98.8 Å².